The van der Waals surface area contributed by atoms with E-state index in [9.17, 15) is 4.39 Å². The van der Waals surface area contributed by atoms with Gasteiger partial charge in [-0.2, -0.15) is 5.10 Å². The van der Waals surface area contributed by atoms with Gasteiger partial charge >= 0.3 is 0 Å². The van der Waals surface area contributed by atoms with Crippen molar-refractivity contribution >= 4 is 15.9 Å². The van der Waals surface area contributed by atoms with Gasteiger partial charge in [0.05, 0.1) is 16.2 Å². The van der Waals surface area contributed by atoms with Gasteiger partial charge in [0.25, 0.3) is 0 Å². The minimum atomic E-state index is -0.207. The first-order valence-electron chi connectivity index (χ1n) is 6.28. The van der Waals surface area contributed by atoms with Gasteiger partial charge in [-0.3, -0.25) is 4.68 Å². The molecule has 1 aliphatic heterocycles. The Morgan fingerprint density at radius 3 is 2.72 bits per heavy atom. The van der Waals surface area contributed by atoms with E-state index in [4.69, 9.17) is 5.10 Å². The number of halogens is 2. The molecule has 0 N–H and O–H groups in total. The number of hydrogen-bond donors (Lipinski definition) is 0. The molecule has 2 aliphatic rings. The monoisotopic (exact) mass is 306 g/mol. The molecule has 0 amide bonds. The summed E-state index contributed by atoms with van der Waals surface area (Å²) in [5.41, 5.74) is 3.26. The van der Waals surface area contributed by atoms with Crippen molar-refractivity contribution in [1.29, 1.82) is 0 Å². The molecule has 92 valence electrons. The van der Waals surface area contributed by atoms with Gasteiger partial charge in [-0.05, 0) is 59.5 Å². The molecule has 4 rings (SSSR count). The Kier molecular flexibility index (Phi) is 2.19. The molecule has 2 nitrogen and oxygen atoms in total. The van der Waals surface area contributed by atoms with E-state index in [1.807, 2.05) is 0 Å². The van der Waals surface area contributed by atoms with Crippen molar-refractivity contribution in [2.24, 2.45) is 0 Å². The highest BCUT2D eigenvalue weighted by Gasteiger charge is 2.40. The zero-order valence-corrected chi connectivity index (χ0v) is 11.3. The molecule has 2 aromatic rings. The fraction of sp³-hybridized carbons (Fsp3) is 0.357. The predicted octanol–water partition coefficient (Wildman–Crippen LogP) is 4.27. The highest BCUT2D eigenvalue weighted by molar-refractivity contribution is 9.10. The summed E-state index contributed by atoms with van der Waals surface area (Å²) in [6.45, 7) is 0. The number of nitrogens with zero attached hydrogens (tertiary/aromatic N) is 2. The number of hydrogen-bond acceptors (Lipinski definition) is 1. The average molecular weight is 307 g/mol. The van der Waals surface area contributed by atoms with Gasteiger partial charge in [0.15, 0.2) is 0 Å². The van der Waals surface area contributed by atoms with E-state index in [0.717, 1.165) is 15.7 Å². The molecule has 18 heavy (non-hydrogen) atoms. The molecule has 1 aliphatic carbocycles. The lowest BCUT2D eigenvalue weighted by molar-refractivity contribution is 0.477. The summed E-state index contributed by atoms with van der Waals surface area (Å²) < 4.78 is 16.2. The lowest BCUT2D eigenvalue weighted by Gasteiger charge is -2.12. The van der Waals surface area contributed by atoms with Crippen molar-refractivity contribution in [2.75, 3.05) is 0 Å². The Hall–Kier alpha value is -1.16. The van der Waals surface area contributed by atoms with Crippen molar-refractivity contribution < 1.29 is 4.39 Å². The fourth-order valence-electron chi connectivity index (χ4n) is 3.29. The van der Waals surface area contributed by atoms with E-state index in [-0.39, 0.29) is 5.82 Å². The van der Waals surface area contributed by atoms with Crippen LogP contribution in [0.25, 0.3) is 11.3 Å². The molecule has 1 fully saturated rings. The molecule has 2 atom stereocenters. The van der Waals surface area contributed by atoms with Gasteiger partial charge in [0.1, 0.15) is 11.5 Å². The fourth-order valence-corrected chi connectivity index (χ4v) is 4.11. The maximum absolute atomic E-state index is 13.0. The van der Waals surface area contributed by atoms with Crippen LogP contribution in [-0.4, -0.2) is 9.78 Å². The Morgan fingerprint density at radius 1 is 1.22 bits per heavy atom. The highest BCUT2D eigenvalue weighted by atomic mass is 79.9. The summed E-state index contributed by atoms with van der Waals surface area (Å²) in [6, 6.07) is 7.14. The van der Waals surface area contributed by atoms with Gasteiger partial charge < -0.3 is 0 Å². The summed E-state index contributed by atoms with van der Waals surface area (Å²) in [6.07, 6.45) is 3.76. The maximum Gasteiger partial charge on any atom is 0.123 e. The van der Waals surface area contributed by atoms with Crippen LogP contribution in [-0.2, 0) is 0 Å². The smallest absolute Gasteiger partial charge is 0.123 e. The molecule has 2 bridgehead atoms. The molecule has 4 heteroatoms. The molecule has 2 heterocycles. The molecule has 0 radical (unpaired) electrons. The SMILES string of the molecule is Fc1ccc(-c2nn3c(c2Br)C2CCC3C2)cc1. The molecular formula is C14H12BrFN2. The largest absolute Gasteiger partial charge is 0.264 e. The van der Waals surface area contributed by atoms with Gasteiger partial charge in [-0.1, -0.05) is 0 Å². The molecular weight excluding hydrogens is 295 g/mol. The Balaban J connectivity index is 1.86. The predicted molar refractivity (Wildman–Crippen MR) is 71.0 cm³/mol. The summed E-state index contributed by atoms with van der Waals surface area (Å²) in [4.78, 5) is 0. The van der Waals surface area contributed by atoms with Crippen LogP contribution in [0.15, 0.2) is 28.7 Å². The summed E-state index contributed by atoms with van der Waals surface area (Å²) >= 11 is 3.68. The minimum Gasteiger partial charge on any atom is -0.264 e. The van der Waals surface area contributed by atoms with E-state index in [1.54, 1.807) is 12.1 Å². The van der Waals surface area contributed by atoms with Gasteiger partial charge in [0, 0.05) is 11.5 Å². The van der Waals surface area contributed by atoms with Crippen molar-refractivity contribution in [3.63, 3.8) is 0 Å². The molecule has 0 saturated heterocycles. The van der Waals surface area contributed by atoms with Crippen molar-refractivity contribution in [2.45, 2.75) is 31.2 Å². The van der Waals surface area contributed by atoms with Crippen LogP contribution in [0.4, 0.5) is 4.39 Å². The standard InChI is InChI=1S/C14H12BrFN2/c15-12-13(8-1-4-10(16)5-2-8)17-18-11-6-3-9(7-11)14(12)18/h1-2,4-5,9,11H,3,6-7H2. The van der Waals surface area contributed by atoms with E-state index in [1.165, 1.54) is 37.1 Å². The van der Waals surface area contributed by atoms with Gasteiger partial charge in [-0.25, -0.2) is 4.39 Å². The number of aromatic nitrogens is 2. The topological polar surface area (TPSA) is 17.8 Å². The van der Waals surface area contributed by atoms with Crippen molar-refractivity contribution in [3.05, 3.63) is 40.2 Å². The van der Waals surface area contributed by atoms with Crippen LogP contribution < -0.4 is 0 Å². The quantitative estimate of drug-likeness (QED) is 0.769. The number of fused-ring (bicyclic) bond motifs is 5. The third kappa shape index (κ3) is 1.35. The molecule has 1 saturated carbocycles. The van der Waals surface area contributed by atoms with Crippen LogP contribution >= 0.6 is 15.9 Å². The summed E-state index contributed by atoms with van der Waals surface area (Å²) in [5.74, 6) is 0.452. The highest BCUT2D eigenvalue weighted by Crippen LogP contribution is 2.52. The van der Waals surface area contributed by atoms with Crippen LogP contribution in [0, 0.1) is 5.82 Å². The lowest BCUT2D eigenvalue weighted by atomic mass is 10.0. The lowest BCUT2D eigenvalue weighted by Crippen LogP contribution is -2.07. The maximum atomic E-state index is 13.0. The summed E-state index contributed by atoms with van der Waals surface area (Å²) in [7, 11) is 0. The van der Waals surface area contributed by atoms with Crippen molar-refractivity contribution in [3.8, 4) is 11.3 Å². The van der Waals surface area contributed by atoms with E-state index in [2.05, 4.69) is 20.6 Å². The second-order valence-electron chi connectivity index (χ2n) is 5.16. The third-order valence-corrected chi connectivity index (χ3v) is 4.92. The zero-order chi connectivity index (χ0) is 12.3. The molecule has 1 aromatic carbocycles. The van der Waals surface area contributed by atoms with Crippen LogP contribution in [0.1, 0.15) is 36.9 Å². The first-order chi connectivity index (χ1) is 8.74. The second kappa shape index (κ2) is 3.67. The average Bonchev–Trinajstić information content (AvgIpc) is 3.03. The molecule has 2 unspecified atom stereocenters. The van der Waals surface area contributed by atoms with Crippen LogP contribution in [0.5, 0.6) is 0 Å². The van der Waals surface area contributed by atoms with E-state index < -0.39 is 0 Å². The number of rotatable bonds is 1. The first-order valence-corrected chi connectivity index (χ1v) is 7.07. The molecule has 0 spiro atoms. The van der Waals surface area contributed by atoms with Gasteiger partial charge in [-0.15, -0.1) is 0 Å². The zero-order valence-electron chi connectivity index (χ0n) is 9.74. The first kappa shape index (κ1) is 10.7. The Labute approximate surface area is 113 Å². The Morgan fingerprint density at radius 2 is 2.00 bits per heavy atom. The minimum absolute atomic E-state index is 0.207. The van der Waals surface area contributed by atoms with Crippen LogP contribution in [0.3, 0.4) is 0 Å². The van der Waals surface area contributed by atoms with Crippen LogP contribution in [0.2, 0.25) is 0 Å². The van der Waals surface area contributed by atoms with Crippen molar-refractivity contribution in [1.82, 2.24) is 9.78 Å². The summed E-state index contributed by atoms with van der Waals surface area (Å²) in [5, 5.41) is 4.72. The van der Waals surface area contributed by atoms with E-state index >= 15 is 0 Å². The third-order valence-electron chi connectivity index (χ3n) is 4.14. The number of benzene rings is 1. The normalized spacial score (nSPS) is 24.6. The molecule has 1 aromatic heterocycles. The second-order valence-corrected chi connectivity index (χ2v) is 5.96. The Bertz CT molecular complexity index is 617. The van der Waals surface area contributed by atoms with Gasteiger partial charge in [0.2, 0.25) is 0 Å². The van der Waals surface area contributed by atoms with E-state index in [0.29, 0.717) is 12.0 Å².